The van der Waals surface area contributed by atoms with E-state index in [1.54, 1.807) is 47.3 Å². The van der Waals surface area contributed by atoms with Gasteiger partial charge in [-0.2, -0.15) is 0 Å². The minimum absolute atomic E-state index is 0.241. The number of carbonyl (C=O) groups is 1. The summed E-state index contributed by atoms with van der Waals surface area (Å²) in [5.41, 5.74) is 5.58. The maximum atomic E-state index is 11.8. The monoisotopic (exact) mass is 282 g/mol. The van der Waals surface area contributed by atoms with E-state index in [0.717, 1.165) is 5.56 Å². The number of ether oxygens (including phenoxy) is 3. The number of amides is 1. The van der Waals surface area contributed by atoms with Crippen molar-refractivity contribution >= 4 is 5.91 Å². The molecule has 0 heterocycles. The highest BCUT2D eigenvalue weighted by molar-refractivity contribution is 5.85. The van der Waals surface area contributed by atoms with Crippen molar-refractivity contribution in [1.82, 2.24) is 5.32 Å². The first-order chi connectivity index (χ1) is 9.33. The van der Waals surface area contributed by atoms with Gasteiger partial charge in [-0.1, -0.05) is 0 Å². The highest BCUT2D eigenvalue weighted by Gasteiger charge is 2.22. The van der Waals surface area contributed by atoms with Crippen LogP contribution in [0.15, 0.2) is 12.1 Å². The van der Waals surface area contributed by atoms with Crippen molar-refractivity contribution in [2.45, 2.75) is 25.9 Å². The Balaban J connectivity index is 2.97. The quantitative estimate of drug-likeness (QED) is 0.815. The third-order valence-corrected chi connectivity index (χ3v) is 2.81. The van der Waals surface area contributed by atoms with Gasteiger partial charge in [-0.05, 0) is 19.9 Å². The summed E-state index contributed by atoms with van der Waals surface area (Å²) in [7, 11) is 4.66. The predicted molar refractivity (Wildman–Crippen MR) is 76.2 cm³/mol. The molecule has 6 nitrogen and oxygen atoms in total. The van der Waals surface area contributed by atoms with E-state index in [9.17, 15) is 4.79 Å². The van der Waals surface area contributed by atoms with E-state index in [2.05, 4.69) is 5.32 Å². The molecule has 1 aromatic carbocycles. The van der Waals surface area contributed by atoms with Crippen molar-refractivity contribution in [3.63, 3.8) is 0 Å². The van der Waals surface area contributed by atoms with Crippen LogP contribution >= 0.6 is 0 Å². The maximum Gasteiger partial charge on any atom is 0.239 e. The van der Waals surface area contributed by atoms with Crippen molar-refractivity contribution in [2.75, 3.05) is 21.3 Å². The topological polar surface area (TPSA) is 82.8 Å². The molecule has 0 aromatic heterocycles. The smallest absolute Gasteiger partial charge is 0.239 e. The van der Waals surface area contributed by atoms with Crippen molar-refractivity contribution in [3.05, 3.63) is 17.7 Å². The number of methoxy groups -OCH3 is 3. The van der Waals surface area contributed by atoms with Crippen LogP contribution in [0.4, 0.5) is 0 Å². The Hall–Kier alpha value is -1.95. The molecule has 0 fully saturated rings. The average Bonchev–Trinajstić information content (AvgIpc) is 2.42. The van der Waals surface area contributed by atoms with E-state index in [0.29, 0.717) is 23.8 Å². The molecule has 20 heavy (non-hydrogen) atoms. The van der Waals surface area contributed by atoms with E-state index in [4.69, 9.17) is 19.9 Å². The van der Waals surface area contributed by atoms with Crippen LogP contribution in [0.25, 0.3) is 0 Å². The summed E-state index contributed by atoms with van der Waals surface area (Å²) in [6.07, 6.45) is 0. The lowest BCUT2D eigenvalue weighted by atomic mass is 10.1. The van der Waals surface area contributed by atoms with Crippen LogP contribution in [-0.2, 0) is 11.3 Å². The lowest BCUT2D eigenvalue weighted by Gasteiger charge is -2.19. The largest absolute Gasteiger partial charge is 0.496 e. The third-order valence-electron chi connectivity index (χ3n) is 2.81. The summed E-state index contributed by atoms with van der Waals surface area (Å²) < 4.78 is 15.7. The van der Waals surface area contributed by atoms with E-state index < -0.39 is 5.54 Å². The summed E-state index contributed by atoms with van der Waals surface area (Å²) in [5.74, 6) is 1.51. The first-order valence-corrected chi connectivity index (χ1v) is 6.19. The molecule has 0 saturated carbocycles. The summed E-state index contributed by atoms with van der Waals surface area (Å²) in [6.45, 7) is 3.59. The third kappa shape index (κ3) is 3.77. The fourth-order valence-corrected chi connectivity index (χ4v) is 1.63. The first-order valence-electron chi connectivity index (χ1n) is 6.19. The molecule has 0 aliphatic heterocycles. The van der Waals surface area contributed by atoms with Gasteiger partial charge in [-0.15, -0.1) is 0 Å². The molecule has 0 aliphatic rings. The SMILES string of the molecule is COc1cc(OC)c(OC)cc1CNC(=O)C(C)(C)N. The zero-order chi connectivity index (χ0) is 15.3. The van der Waals surface area contributed by atoms with Crippen molar-refractivity contribution in [2.24, 2.45) is 5.73 Å². The second-order valence-corrected chi connectivity index (χ2v) is 4.92. The van der Waals surface area contributed by atoms with Gasteiger partial charge in [-0.3, -0.25) is 4.79 Å². The Kier molecular flexibility index (Phi) is 5.21. The molecule has 1 aromatic rings. The van der Waals surface area contributed by atoms with Crippen LogP contribution in [0.1, 0.15) is 19.4 Å². The zero-order valence-corrected chi connectivity index (χ0v) is 12.6. The second kappa shape index (κ2) is 6.47. The molecule has 0 bridgehead atoms. The molecule has 3 N–H and O–H groups in total. The van der Waals surface area contributed by atoms with Crippen LogP contribution in [0.3, 0.4) is 0 Å². The molecule has 0 spiro atoms. The predicted octanol–water partition coefficient (Wildman–Crippen LogP) is 1.07. The number of benzene rings is 1. The van der Waals surface area contributed by atoms with E-state index >= 15 is 0 Å². The van der Waals surface area contributed by atoms with Gasteiger partial charge in [0.2, 0.25) is 5.91 Å². The normalized spacial score (nSPS) is 10.9. The van der Waals surface area contributed by atoms with Gasteiger partial charge in [0.05, 0.1) is 26.9 Å². The number of nitrogens with one attached hydrogen (secondary N) is 1. The highest BCUT2D eigenvalue weighted by atomic mass is 16.5. The number of hydrogen-bond acceptors (Lipinski definition) is 5. The lowest BCUT2D eigenvalue weighted by molar-refractivity contribution is -0.125. The van der Waals surface area contributed by atoms with E-state index in [1.165, 1.54) is 0 Å². The van der Waals surface area contributed by atoms with Gasteiger partial charge >= 0.3 is 0 Å². The van der Waals surface area contributed by atoms with Gasteiger partial charge in [0.25, 0.3) is 0 Å². The first kappa shape index (κ1) is 16.1. The summed E-state index contributed by atoms with van der Waals surface area (Å²) in [5, 5.41) is 2.76. The Morgan fingerprint density at radius 2 is 1.60 bits per heavy atom. The molecule has 1 rings (SSSR count). The molecule has 0 atom stereocenters. The molecule has 112 valence electrons. The van der Waals surface area contributed by atoms with Gasteiger partial charge < -0.3 is 25.3 Å². The lowest BCUT2D eigenvalue weighted by Crippen LogP contribution is -2.48. The molecular formula is C14H22N2O4. The number of carbonyl (C=O) groups excluding carboxylic acids is 1. The Bertz CT molecular complexity index is 481. The summed E-state index contributed by atoms with van der Waals surface area (Å²) in [4.78, 5) is 11.8. The van der Waals surface area contributed by atoms with Crippen LogP contribution < -0.4 is 25.3 Å². The van der Waals surface area contributed by atoms with Crippen molar-refractivity contribution in [3.8, 4) is 17.2 Å². The van der Waals surface area contributed by atoms with E-state index in [1.807, 2.05) is 0 Å². The molecule has 0 radical (unpaired) electrons. The summed E-state index contributed by atoms with van der Waals surface area (Å²) >= 11 is 0. The molecule has 0 aliphatic carbocycles. The van der Waals surface area contributed by atoms with Gasteiger partial charge in [0.15, 0.2) is 11.5 Å². The molecule has 0 unspecified atom stereocenters. The molecule has 0 saturated heterocycles. The van der Waals surface area contributed by atoms with Crippen LogP contribution in [-0.4, -0.2) is 32.8 Å². The van der Waals surface area contributed by atoms with Crippen molar-refractivity contribution in [1.29, 1.82) is 0 Å². The average molecular weight is 282 g/mol. The number of nitrogens with two attached hydrogens (primary N) is 1. The minimum atomic E-state index is -0.927. The van der Waals surface area contributed by atoms with Gasteiger partial charge in [-0.25, -0.2) is 0 Å². The highest BCUT2D eigenvalue weighted by Crippen LogP contribution is 2.34. The standard InChI is InChI=1S/C14H22N2O4/c1-14(2,15)13(17)16-8-9-6-11(19-4)12(20-5)7-10(9)18-3/h6-7H,8,15H2,1-5H3,(H,16,17). The van der Waals surface area contributed by atoms with Crippen LogP contribution in [0.2, 0.25) is 0 Å². The maximum absolute atomic E-state index is 11.8. The number of rotatable bonds is 6. The number of hydrogen-bond donors (Lipinski definition) is 2. The minimum Gasteiger partial charge on any atom is -0.496 e. The van der Waals surface area contributed by atoms with Crippen LogP contribution in [0, 0.1) is 0 Å². The van der Waals surface area contributed by atoms with E-state index in [-0.39, 0.29) is 5.91 Å². The molecule has 6 heteroatoms. The Morgan fingerprint density at radius 3 is 2.05 bits per heavy atom. The second-order valence-electron chi connectivity index (χ2n) is 4.92. The molecular weight excluding hydrogens is 260 g/mol. The van der Waals surface area contributed by atoms with Gasteiger partial charge in [0, 0.05) is 18.2 Å². The molecule has 1 amide bonds. The van der Waals surface area contributed by atoms with Gasteiger partial charge in [0.1, 0.15) is 5.75 Å². The Labute approximate surface area is 119 Å². The fraction of sp³-hybridized carbons (Fsp3) is 0.500. The zero-order valence-electron chi connectivity index (χ0n) is 12.6. The fourth-order valence-electron chi connectivity index (χ4n) is 1.63. The Morgan fingerprint density at radius 1 is 1.10 bits per heavy atom. The van der Waals surface area contributed by atoms with Crippen LogP contribution in [0.5, 0.6) is 17.2 Å². The summed E-state index contributed by atoms with van der Waals surface area (Å²) in [6, 6.07) is 3.48. The van der Waals surface area contributed by atoms with Crippen molar-refractivity contribution < 1.29 is 19.0 Å².